The Morgan fingerprint density at radius 3 is 0.942 bits per heavy atom. The quantitative estimate of drug-likeness (QED) is 0.0262. The number of hydrogen-bond acceptors (Lipinski definition) is 6. The van der Waals surface area contributed by atoms with Crippen molar-refractivity contribution in [2.24, 2.45) is 0 Å². The van der Waals surface area contributed by atoms with Crippen LogP contribution >= 0.6 is 0 Å². The van der Waals surface area contributed by atoms with Gasteiger partial charge in [-0.15, -0.1) is 0 Å². The van der Waals surface area contributed by atoms with E-state index in [9.17, 15) is 14.4 Å². The van der Waals surface area contributed by atoms with E-state index in [0.29, 0.717) is 19.3 Å². The van der Waals surface area contributed by atoms with Crippen LogP contribution in [-0.4, -0.2) is 37.2 Å². The molecule has 0 saturated heterocycles. The minimum atomic E-state index is -0.786. The zero-order valence-electron chi connectivity index (χ0n) is 45.3. The Morgan fingerprint density at radius 1 is 0.304 bits per heavy atom. The van der Waals surface area contributed by atoms with E-state index in [1.807, 2.05) is 0 Å². The predicted molar refractivity (Wildman–Crippen MR) is 297 cm³/mol. The summed E-state index contributed by atoms with van der Waals surface area (Å²) in [6.07, 6.45) is 74.3. The second kappa shape index (κ2) is 57.2. The van der Waals surface area contributed by atoms with Gasteiger partial charge in [0.1, 0.15) is 13.2 Å². The van der Waals surface area contributed by atoms with E-state index in [-0.39, 0.29) is 31.1 Å². The molecule has 6 heteroatoms. The molecule has 0 N–H and O–H groups in total. The number of unbranched alkanes of at least 4 members (excludes halogenated alkanes) is 27. The number of rotatable bonds is 52. The van der Waals surface area contributed by atoms with Gasteiger partial charge in [-0.25, -0.2) is 0 Å². The maximum atomic E-state index is 12.8. The predicted octanol–water partition coefficient (Wildman–Crippen LogP) is 19.5. The highest BCUT2D eigenvalue weighted by Gasteiger charge is 2.19. The Morgan fingerprint density at radius 2 is 0.580 bits per heavy atom. The highest BCUT2D eigenvalue weighted by Crippen LogP contribution is 2.15. The fourth-order valence-electron chi connectivity index (χ4n) is 7.97. The Bertz CT molecular complexity index is 1330. The van der Waals surface area contributed by atoms with Gasteiger partial charge in [0.05, 0.1) is 0 Å². The Balaban J connectivity index is 4.32. The molecule has 0 aromatic heterocycles. The number of allylic oxidation sites excluding steroid dienone is 14. The minimum absolute atomic E-state index is 0.0842. The van der Waals surface area contributed by atoms with Gasteiger partial charge in [0.2, 0.25) is 0 Å². The monoisotopic (exact) mass is 961 g/mol. The molecule has 0 fully saturated rings. The first-order valence-corrected chi connectivity index (χ1v) is 29.1. The fourth-order valence-corrected chi connectivity index (χ4v) is 7.97. The van der Waals surface area contributed by atoms with Crippen molar-refractivity contribution in [3.05, 3.63) is 85.1 Å². The zero-order chi connectivity index (χ0) is 50.0. The zero-order valence-corrected chi connectivity index (χ0v) is 45.3. The molecular weight excluding hydrogens is 853 g/mol. The fraction of sp³-hybridized carbons (Fsp3) is 0.730. The summed E-state index contributed by atoms with van der Waals surface area (Å²) in [4.78, 5) is 38.1. The smallest absolute Gasteiger partial charge is 0.306 e. The molecular formula is C63H108O6. The molecule has 69 heavy (non-hydrogen) atoms. The summed E-state index contributed by atoms with van der Waals surface area (Å²) in [5, 5.41) is 0. The standard InChI is InChI=1S/C63H108O6/c1-4-7-10-13-16-19-22-24-26-28-29-30-31-32-33-35-36-38-41-44-47-50-53-56-62(65)68-59-60(58-67-61(64)55-52-49-46-43-40-21-18-15-12-9-6-3)69-63(66)57-54-51-48-45-42-39-37-34-27-25-23-20-17-14-11-8-5-2/h7,10,15-20,24-27,29-30,60H,4-6,8-9,11-14,21-23,28,31-59H2,1-3H3/b10-7-,18-15-,19-16-,20-17-,26-24-,27-25-,30-29-. The van der Waals surface area contributed by atoms with Crippen LogP contribution in [0.15, 0.2) is 85.1 Å². The third kappa shape index (κ3) is 55.4. The van der Waals surface area contributed by atoms with Crippen molar-refractivity contribution >= 4 is 17.9 Å². The number of carbonyl (C=O) groups excluding carboxylic acids is 3. The van der Waals surface area contributed by atoms with Crippen molar-refractivity contribution in [2.45, 2.75) is 284 Å². The SMILES string of the molecule is CC/C=C\C/C=C\C/C=C\C/C=C\CCCCCCCCCCCCC(=O)OCC(COC(=O)CCCCCCC/C=C\CCCC)OC(=O)CCCCCCCCC/C=C\C/C=C\CCCCC. The van der Waals surface area contributed by atoms with Gasteiger partial charge in [-0.2, -0.15) is 0 Å². The molecule has 6 nitrogen and oxygen atoms in total. The molecule has 0 bridgehead atoms. The lowest BCUT2D eigenvalue weighted by Gasteiger charge is -2.18. The highest BCUT2D eigenvalue weighted by atomic mass is 16.6. The first-order valence-electron chi connectivity index (χ1n) is 29.1. The van der Waals surface area contributed by atoms with Crippen LogP contribution in [0, 0.1) is 0 Å². The highest BCUT2D eigenvalue weighted by molar-refractivity contribution is 5.71. The van der Waals surface area contributed by atoms with Crippen LogP contribution in [0.25, 0.3) is 0 Å². The molecule has 0 rings (SSSR count). The molecule has 396 valence electrons. The van der Waals surface area contributed by atoms with E-state index in [1.165, 1.54) is 135 Å². The molecule has 0 radical (unpaired) electrons. The number of ether oxygens (including phenoxy) is 3. The lowest BCUT2D eigenvalue weighted by atomic mass is 10.1. The van der Waals surface area contributed by atoms with E-state index in [1.54, 1.807) is 0 Å². The van der Waals surface area contributed by atoms with Gasteiger partial charge in [-0.05, 0) is 109 Å². The van der Waals surface area contributed by atoms with Crippen LogP contribution in [0.5, 0.6) is 0 Å². The maximum Gasteiger partial charge on any atom is 0.306 e. The third-order valence-electron chi connectivity index (χ3n) is 12.4. The first kappa shape index (κ1) is 65.6. The van der Waals surface area contributed by atoms with E-state index in [4.69, 9.17) is 14.2 Å². The van der Waals surface area contributed by atoms with Crippen LogP contribution in [0.2, 0.25) is 0 Å². The molecule has 1 unspecified atom stereocenters. The van der Waals surface area contributed by atoms with E-state index < -0.39 is 6.10 Å². The van der Waals surface area contributed by atoms with E-state index in [2.05, 4.69) is 106 Å². The van der Waals surface area contributed by atoms with Crippen LogP contribution < -0.4 is 0 Å². The van der Waals surface area contributed by atoms with Crippen LogP contribution in [0.3, 0.4) is 0 Å². The molecule has 0 aliphatic carbocycles. The summed E-state index contributed by atoms with van der Waals surface area (Å²) in [6, 6.07) is 0. The van der Waals surface area contributed by atoms with Gasteiger partial charge in [0, 0.05) is 19.3 Å². The molecule has 0 amide bonds. The summed E-state index contributed by atoms with van der Waals surface area (Å²) in [5.41, 5.74) is 0. The minimum Gasteiger partial charge on any atom is -0.462 e. The first-order chi connectivity index (χ1) is 34.0. The number of carbonyl (C=O) groups is 3. The molecule has 0 aliphatic heterocycles. The van der Waals surface area contributed by atoms with Gasteiger partial charge in [-0.1, -0.05) is 234 Å². The van der Waals surface area contributed by atoms with Crippen LogP contribution in [0.1, 0.15) is 278 Å². The molecule has 0 heterocycles. The summed E-state index contributed by atoms with van der Waals surface area (Å²) in [6.45, 7) is 6.46. The lowest BCUT2D eigenvalue weighted by Crippen LogP contribution is -2.30. The van der Waals surface area contributed by atoms with Gasteiger partial charge in [-0.3, -0.25) is 14.4 Å². The summed E-state index contributed by atoms with van der Waals surface area (Å²) in [7, 11) is 0. The molecule has 0 spiro atoms. The normalized spacial score (nSPS) is 12.7. The largest absolute Gasteiger partial charge is 0.462 e. The Hall–Kier alpha value is -3.41. The summed E-state index contributed by atoms with van der Waals surface area (Å²) >= 11 is 0. The lowest BCUT2D eigenvalue weighted by molar-refractivity contribution is -0.167. The maximum absolute atomic E-state index is 12.8. The molecule has 1 atom stereocenters. The van der Waals surface area contributed by atoms with Crippen LogP contribution in [0.4, 0.5) is 0 Å². The Labute approximate surface area is 426 Å². The van der Waals surface area contributed by atoms with Gasteiger partial charge < -0.3 is 14.2 Å². The van der Waals surface area contributed by atoms with Gasteiger partial charge in [0.15, 0.2) is 6.10 Å². The molecule has 0 aromatic rings. The van der Waals surface area contributed by atoms with E-state index in [0.717, 1.165) is 103 Å². The van der Waals surface area contributed by atoms with E-state index >= 15 is 0 Å². The van der Waals surface area contributed by atoms with Gasteiger partial charge >= 0.3 is 17.9 Å². The van der Waals surface area contributed by atoms with Crippen LogP contribution in [-0.2, 0) is 28.6 Å². The molecule has 0 aliphatic rings. The third-order valence-corrected chi connectivity index (χ3v) is 12.4. The van der Waals surface area contributed by atoms with Crippen molar-refractivity contribution < 1.29 is 28.6 Å². The average molecular weight is 962 g/mol. The van der Waals surface area contributed by atoms with Crippen molar-refractivity contribution in [1.29, 1.82) is 0 Å². The summed E-state index contributed by atoms with van der Waals surface area (Å²) < 4.78 is 16.8. The van der Waals surface area contributed by atoms with Crippen molar-refractivity contribution in [3.63, 3.8) is 0 Å². The van der Waals surface area contributed by atoms with Crippen molar-refractivity contribution in [1.82, 2.24) is 0 Å². The second-order valence-corrected chi connectivity index (χ2v) is 19.2. The van der Waals surface area contributed by atoms with Gasteiger partial charge in [0.25, 0.3) is 0 Å². The Kier molecular flexibility index (Phi) is 54.3. The average Bonchev–Trinajstić information content (AvgIpc) is 3.35. The van der Waals surface area contributed by atoms with Crippen molar-refractivity contribution in [2.75, 3.05) is 13.2 Å². The molecule has 0 aromatic carbocycles. The summed E-state index contributed by atoms with van der Waals surface area (Å²) in [5.74, 6) is -0.900. The second-order valence-electron chi connectivity index (χ2n) is 19.2. The number of esters is 3. The van der Waals surface area contributed by atoms with Crippen molar-refractivity contribution in [3.8, 4) is 0 Å². The number of hydrogen-bond donors (Lipinski definition) is 0. The topological polar surface area (TPSA) is 78.9 Å². The molecule has 0 saturated carbocycles.